The number of carbonyl (C=O) groups excluding carboxylic acids is 1. The predicted molar refractivity (Wildman–Crippen MR) is 100 cm³/mol. The number of hydrogen-bond donors (Lipinski definition) is 1. The number of rotatable bonds is 2. The van der Waals surface area contributed by atoms with Crippen molar-refractivity contribution in [2.45, 2.75) is 25.7 Å². The highest BCUT2D eigenvalue weighted by Crippen LogP contribution is 2.33. The minimum atomic E-state index is -0.0427. The van der Waals surface area contributed by atoms with E-state index in [-0.39, 0.29) is 6.03 Å². The second kappa shape index (κ2) is 6.48. The first kappa shape index (κ1) is 16.1. The normalized spacial score (nSPS) is 15.7. The molecule has 130 valence electrons. The molecule has 25 heavy (non-hydrogen) atoms. The molecule has 2 amide bonds. The first-order chi connectivity index (χ1) is 12.1. The number of piperidine rings is 1. The quantitative estimate of drug-likeness (QED) is 0.761. The summed E-state index contributed by atoms with van der Waals surface area (Å²) in [4.78, 5) is 19.1. The van der Waals surface area contributed by atoms with Crippen molar-refractivity contribution in [2.24, 2.45) is 7.05 Å². The SMILES string of the molecule is Cc1nn(C)cc1NC(=O)N1CCC(c2nc3ccccc3s2)CC1. The van der Waals surface area contributed by atoms with Gasteiger partial charge in [0, 0.05) is 32.3 Å². The molecule has 0 unspecified atom stereocenters. The van der Waals surface area contributed by atoms with E-state index in [1.807, 2.05) is 31.1 Å². The van der Waals surface area contributed by atoms with Crippen LogP contribution in [0.2, 0.25) is 0 Å². The van der Waals surface area contributed by atoms with E-state index >= 15 is 0 Å². The summed E-state index contributed by atoms with van der Waals surface area (Å²) in [6.45, 7) is 3.41. The summed E-state index contributed by atoms with van der Waals surface area (Å²) in [6.07, 6.45) is 3.75. The Morgan fingerprint density at radius 2 is 2.04 bits per heavy atom. The third-order valence-corrected chi connectivity index (χ3v) is 5.90. The molecule has 2 aromatic heterocycles. The number of amides is 2. The molecule has 1 N–H and O–H groups in total. The van der Waals surface area contributed by atoms with Gasteiger partial charge in [-0.15, -0.1) is 11.3 Å². The van der Waals surface area contributed by atoms with Crippen LogP contribution < -0.4 is 5.32 Å². The molecule has 0 atom stereocenters. The first-order valence-corrected chi connectivity index (χ1v) is 9.33. The molecule has 4 rings (SSSR count). The van der Waals surface area contributed by atoms with Gasteiger partial charge in [-0.1, -0.05) is 12.1 Å². The second-order valence-electron chi connectivity index (χ2n) is 6.51. The van der Waals surface area contributed by atoms with E-state index in [2.05, 4.69) is 28.6 Å². The molecule has 1 aliphatic rings. The summed E-state index contributed by atoms with van der Waals surface area (Å²) < 4.78 is 2.95. The average molecular weight is 355 g/mol. The van der Waals surface area contributed by atoms with Gasteiger partial charge in [0.2, 0.25) is 0 Å². The molecule has 1 aliphatic heterocycles. The third-order valence-electron chi connectivity index (χ3n) is 4.70. The van der Waals surface area contributed by atoms with Crippen molar-refractivity contribution in [1.82, 2.24) is 19.7 Å². The van der Waals surface area contributed by atoms with Gasteiger partial charge in [0.05, 0.1) is 26.6 Å². The number of hydrogen-bond acceptors (Lipinski definition) is 4. The smallest absolute Gasteiger partial charge is 0.321 e. The van der Waals surface area contributed by atoms with Crippen molar-refractivity contribution in [3.8, 4) is 0 Å². The molecule has 0 saturated carbocycles. The van der Waals surface area contributed by atoms with E-state index in [4.69, 9.17) is 4.98 Å². The molecule has 1 saturated heterocycles. The molecule has 0 spiro atoms. The van der Waals surface area contributed by atoms with Gasteiger partial charge in [-0.25, -0.2) is 9.78 Å². The minimum Gasteiger partial charge on any atom is -0.324 e. The number of likely N-dealkylation sites (tertiary alicyclic amines) is 1. The van der Waals surface area contributed by atoms with Crippen LogP contribution in [0, 0.1) is 6.92 Å². The van der Waals surface area contributed by atoms with Gasteiger partial charge in [-0.3, -0.25) is 4.68 Å². The van der Waals surface area contributed by atoms with Crippen molar-refractivity contribution >= 4 is 33.3 Å². The lowest BCUT2D eigenvalue weighted by Crippen LogP contribution is -2.40. The number of benzene rings is 1. The Bertz CT molecular complexity index is 874. The van der Waals surface area contributed by atoms with E-state index in [9.17, 15) is 4.79 Å². The summed E-state index contributed by atoms with van der Waals surface area (Å²) in [7, 11) is 1.85. The molecule has 7 heteroatoms. The van der Waals surface area contributed by atoms with Crippen LogP contribution in [-0.2, 0) is 7.05 Å². The predicted octanol–water partition coefficient (Wildman–Crippen LogP) is 3.75. The van der Waals surface area contributed by atoms with Crippen LogP contribution in [0.1, 0.15) is 29.5 Å². The summed E-state index contributed by atoms with van der Waals surface area (Å²) in [5.74, 6) is 0.446. The van der Waals surface area contributed by atoms with Crippen molar-refractivity contribution in [1.29, 1.82) is 0 Å². The number of aromatic nitrogens is 3. The summed E-state index contributed by atoms with van der Waals surface area (Å²) in [6, 6.07) is 8.22. The fourth-order valence-corrected chi connectivity index (χ4v) is 4.45. The van der Waals surface area contributed by atoms with E-state index in [1.165, 1.54) is 9.71 Å². The number of nitrogens with one attached hydrogen (secondary N) is 1. The Morgan fingerprint density at radius 3 is 2.72 bits per heavy atom. The lowest BCUT2D eigenvalue weighted by molar-refractivity contribution is 0.194. The number of nitrogens with zero attached hydrogens (tertiary/aromatic N) is 4. The summed E-state index contributed by atoms with van der Waals surface area (Å²) in [5, 5.41) is 8.42. The second-order valence-corrected chi connectivity index (χ2v) is 7.58. The number of aryl methyl sites for hydroxylation is 2. The lowest BCUT2D eigenvalue weighted by Gasteiger charge is -2.31. The monoisotopic (exact) mass is 355 g/mol. The Balaban J connectivity index is 1.39. The van der Waals surface area contributed by atoms with Crippen molar-refractivity contribution in [3.05, 3.63) is 41.2 Å². The fourth-order valence-electron chi connectivity index (χ4n) is 3.31. The van der Waals surface area contributed by atoms with Crippen LogP contribution in [-0.4, -0.2) is 38.8 Å². The van der Waals surface area contributed by atoms with Crippen LogP contribution in [0.5, 0.6) is 0 Å². The molecular formula is C18H21N5OS. The Kier molecular flexibility index (Phi) is 4.17. The van der Waals surface area contributed by atoms with Crippen molar-refractivity contribution in [3.63, 3.8) is 0 Å². The molecule has 1 aromatic carbocycles. The van der Waals surface area contributed by atoms with Gasteiger partial charge >= 0.3 is 6.03 Å². The van der Waals surface area contributed by atoms with Gasteiger partial charge < -0.3 is 10.2 Å². The van der Waals surface area contributed by atoms with Gasteiger partial charge in [0.1, 0.15) is 0 Å². The molecule has 3 heterocycles. The lowest BCUT2D eigenvalue weighted by atomic mass is 9.98. The van der Waals surface area contributed by atoms with Gasteiger partial charge in [-0.2, -0.15) is 5.10 Å². The number of fused-ring (bicyclic) bond motifs is 1. The number of carbonyl (C=O) groups is 1. The number of para-hydroxylation sites is 1. The number of urea groups is 1. The van der Waals surface area contributed by atoms with Gasteiger partial charge in [0.25, 0.3) is 0 Å². The Hall–Kier alpha value is -2.41. The zero-order valence-corrected chi connectivity index (χ0v) is 15.2. The molecule has 0 radical (unpaired) electrons. The molecule has 0 aliphatic carbocycles. The van der Waals surface area contributed by atoms with E-state index in [0.29, 0.717) is 5.92 Å². The molecule has 1 fully saturated rings. The summed E-state index contributed by atoms with van der Waals surface area (Å²) >= 11 is 1.78. The summed E-state index contributed by atoms with van der Waals surface area (Å²) in [5.41, 5.74) is 2.69. The standard InChI is InChI=1S/C18H21N5OS/c1-12-15(11-22(2)21-12)20-18(24)23-9-7-13(8-10-23)17-19-14-5-3-4-6-16(14)25-17/h3-6,11,13H,7-10H2,1-2H3,(H,20,24). The molecule has 6 nitrogen and oxygen atoms in total. The zero-order valence-electron chi connectivity index (χ0n) is 14.4. The number of anilines is 1. The van der Waals surface area contributed by atoms with Crippen LogP contribution >= 0.6 is 11.3 Å². The minimum absolute atomic E-state index is 0.0427. The molecule has 0 bridgehead atoms. The number of thiazole rings is 1. The highest BCUT2D eigenvalue weighted by Gasteiger charge is 2.26. The Morgan fingerprint density at radius 1 is 1.28 bits per heavy atom. The maximum absolute atomic E-state index is 12.5. The molecular weight excluding hydrogens is 334 g/mol. The molecule has 3 aromatic rings. The maximum atomic E-state index is 12.5. The van der Waals surface area contributed by atoms with E-state index in [0.717, 1.165) is 42.8 Å². The maximum Gasteiger partial charge on any atom is 0.321 e. The van der Waals surface area contributed by atoms with Crippen molar-refractivity contribution in [2.75, 3.05) is 18.4 Å². The van der Waals surface area contributed by atoms with E-state index in [1.54, 1.807) is 16.0 Å². The van der Waals surface area contributed by atoms with Gasteiger partial charge in [-0.05, 0) is 31.9 Å². The van der Waals surface area contributed by atoms with Gasteiger partial charge in [0.15, 0.2) is 0 Å². The fraction of sp³-hybridized carbons (Fsp3) is 0.389. The van der Waals surface area contributed by atoms with Crippen LogP contribution in [0.25, 0.3) is 10.2 Å². The highest BCUT2D eigenvalue weighted by molar-refractivity contribution is 7.18. The Labute approximate surface area is 150 Å². The van der Waals surface area contributed by atoms with Crippen LogP contribution in [0.3, 0.4) is 0 Å². The van der Waals surface area contributed by atoms with E-state index < -0.39 is 0 Å². The average Bonchev–Trinajstić information content (AvgIpc) is 3.18. The van der Waals surface area contributed by atoms with Crippen LogP contribution in [0.4, 0.5) is 10.5 Å². The first-order valence-electron chi connectivity index (χ1n) is 8.52. The largest absolute Gasteiger partial charge is 0.324 e. The third kappa shape index (κ3) is 3.24. The zero-order chi connectivity index (χ0) is 17.4. The topological polar surface area (TPSA) is 63.1 Å². The van der Waals surface area contributed by atoms with Crippen molar-refractivity contribution < 1.29 is 4.79 Å². The highest BCUT2D eigenvalue weighted by atomic mass is 32.1. The van der Waals surface area contributed by atoms with Crippen LogP contribution in [0.15, 0.2) is 30.5 Å².